The van der Waals surface area contributed by atoms with Crippen LogP contribution in [0.3, 0.4) is 0 Å². The number of aromatic nitrogens is 6. The molecule has 5 heterocycles. The van der Waals surface area contributed by atoms with Gasteiger partial charge in [-0.2, -0.15) is 0 Å². The van der Waals surface area contributed by atoms with E-state index in [9.17, 15) is 4.79 Å². The van der Waals surface area contributed by atoms with Crippen molar-refractivity contribution in [1.82, 2.24) is 29.3 Å². The molecule has 0 unspecified atom stereocenters. The van der Waals surface area contributed by atoms with Gasteiger partial charge < -0.3 is 28.8 Å². The lowest BCUT2D eigenvalue weighted by Crippen LogP contribution is -2.37. The van der Waals surface area contributed by atoms with Crippen LogP contribution in [0.1, 0.15) is 42.4 Å². The maximum Gasteiger partial charge on any atom is 0.274 e. The van der Waals surface area contributed by atoms with Crippen LogP contribution < -0.4 is 15.0 Å². The monoisotopic (exact) mass is 514 g/mol. The molecule has 3 aliphatic rings. The minimum atomic E-state index is -0.319. The summed E-state index contributed by atoms with van der Waals surface area (Å²) >= 11 is 0. The number of carbonyl (C=O) groups is 1. The number of pyridine rings is 1. The van der Waals surface area contributed by atoms with Crippen molar-refractivity contribution in [2.24, 2.45) is 0 Å². The fourth-order valence-corrected chi connectivity index (χ4v) is 4.90. The lowest BCUT2D eigenvalue weighted by atomic mass is 10.1. The Bertz CT molecular complexity index is 1470. The quantitative estimate of drug-likeness (QED) is 0.431. The Morgan fingerprint density at radius 1 is 1.03 bits per heavy atom. The van der Waals surface area contributed by atoms with E-state index in [1.165, 1.54) is 12.8 Å². The van der Waals surface area contributed by atoms with E-state index in [4.69, 9.17) is 9.47 Å². The van der Waals surface area contributed by atoms with Crippen molar-refractivity contribution < 1.29 is 14.3 Å². The van der Waals surface area contributed by atoms with Crippen LogP contribution in [0.2, 0.25) is 0 Å². The Kier molecular flexibility index (Phi) is 6.28. The standard InChI is InChI=1S/C26H26N8O3.CH4/c35-26(30-19-3-1-2-18-24(19)37-11-8-33-16-29-31-25(18)33)20-12-22(34-14-21(28-15-34)17-4-5-17)23(13-27-20)32-6-9-36-10-7-32;/h1-3,12-17H,4-11H2,(H,30,35);1H4. The minimum absolute atomic E-state index is 0. The number of para-hydroxylation sites is 1. The largest absolute Gasteiger partial charge is 0.489 e. The minimum Gasteiger partial charge on any atom is -0.489 e. The highest BCUT2D eigenvalue weighted by molar-refractivity contribution is 6.05. The second-order valence-electron chi connectivity index (χ2n) is 9.47. The first-order valence-electron chi connectivity index (χ1n) is 12.6. The zero-order valence-electron chi connectivity index (χ0n) is 20.2. The summed E-state index contributed by atoms with van der Waals surface area (Å²) in [5.74, 6) is 1.51. The third-order valence-corrected chi connectivity index (χ3v) is 7.02. The molecular formula is C27H30N8O3. The average Bonchev–Trinajstić information content (AvgIpc) is 3.54. The van der Waals surface area contributed by atoms with E-state index in [1.54, 1.807) is 12.5 Å². The summed E-state index contributed by atoms with van der Waals surface area (Å²) in [6.07, 6.45) is 9.71. The number of nitrogens with zero attached hydrogens (tertiary/aromatic N) is 7. The molecule has 1 aromatic carbocycles. The number of hydrogen-bond acceptors (Lipinski definition) is 8. The fourth-order valence-electron chi connectivity index (χ4n) is 4.90. The first-order chi connectivity index (χ1) is 18.2. The number of rotatable bonds is 5. The van der Waals surface area contributed by atoms with Gasteiger partial charge in [0.15, 0.2) is 11.6 Å². The number of imidazole rings is 1. The Balaban J connectivity index is 0.00000264. The number of anilines is 2. The van der Waals surface area contributed by atoms with E-state index in [-0.39, 0.29) is 13.3 Å². The second-order valence-corrected chi connectivity index (χ2v) is 9.47. The first kappa shape index (κ1) is 24.1. The number of nitrogens with one attached hydrogen (secondary N) is 1. The molecule has 1 N–H and O–H groups in total. The molecule has 1 amide bonds. The molecule has 1 saturated heterocycles. The van der Waals surface area contributed by atoms with Crippen molar-refractivity contribution in [3.8, 4) is 22.8 Å². The van der Waals surface area contributed by atoms with Crippen LogP contribution in [-0.2, 0) is 11.3 Å². The molecule has 1 saturated carbocycles. The molecule has 0 radical (unpaired) electrons. The molecule has 2 aliphatic heterocycles. The van der Waals surface area contributed by atoms with Crippen molar-refractivity contribution in [2.75, 3.05) is 43.1 Å². The van der Waals surface area contributed by atoms with Gasteiger partial charge in [-0.05, 0) is 31.0 Å². The van der Waals surface area contributed by atoms with Gasteiger partial charge in [-0.1, -0.05) is 13.5 Å². The third kappa shape index (κ3) is 4.38. The van der Waals surface area contributed by atoms with Gasteiger partial charge in [-0.25, -0.2) is 9.97 Å². The summed E-state index contributed by atoms with van der Waals surface area (Å²) in [4.78, 5) is 24.9. The molecule has 11 nitrogen and oxygen atoms in total. The van der Waals surface area contributed by atoms with E-state index in [0.717, 1.165) is 35.7 Å². The smallest absolute Gasteiger partial charge is 0.274 e. The fraction of sp³-hybridized carbons (Fsp3) is 0.370. The molecule has 7 rings (SSSR count). The van der Waals surface area contributed by atoms with Gasteiger partial charge in [0, 0.05) is 25.2 Å². The zero-order valence-corrected chi connectivity index (χ0v) is 20.2. The van der Waals surface area contributed by atoms with Crippen LogP contribution in [-0.4, -0.2) is 68.1 Å². The van der Waals surface area contributed by atoms with E-state index >= 15 is 0 Å². The van der Waals surface area contributed by atoms with Gasteiger partial charge in [-0.15, -0.1) is 10.2 Å². The Hall–Kier alpha value is -4.25. The van der Waals surface area contributed by atoms with E-state index in [2.05, 4.69) is 36.6 Å². The summed E-state index contributed by atoms with van der Waals surface area (Å²) < 4.78 is 15.5. The molecule has 4 aromatic rings. The molecule has 1 aliphatic carbocycles. The van der Waals surface area contributed by atoms with Gasteiger partial charge in [0.1, 0.15) is 18.6 Å². The van der Waals surface area contributed by atoms with Crippen molar-refractivity contribution in [3.63, 3.8) is 0 Å². The van der Waals surface area contributed by atoms with Gasteiger partial charge in [0.05, 0.1) is 60.6 Å². The van der Waals surface area contributed by atoms with Crippen LogP contribution in [0.15, 0.2) is 49.3 Å². The predicted molar refractivity (Wildman–Crippen MR) is 142 cm³/mol. The van der Waals surface area contributed by atoms with Crippen LogP contribution in [0, 0.1) is 0 Å². The second kappa shape index (κ2) is 9.90. The van der Waals surface area contributed by atoms with Crippen LogP contribution in [0.4, 0.5) is 11.4 Å². The molecule has 38 heavy (non-hydrogen) atoms. The van der Waals surface area contributed by atoms with Crippen LogP contribution in [0.25, 0.3) is 17.1 Å². The van der Waals surface area contributed by atoms with Crippen molar-refractivity contribution >= 4 is 17.3 Å². The molecular weight excluding hydrogens is 484 g/mol. The SMILES string of the molecule is C.O=C(Nc1cccc2c1OCCn1cnnc1-2)c1cc(-n2cnc(C3CC3)c2)c(N2CCOCC2)cn1. The number of hydrogen-bond donors (Lipinski definition) is 1. The van der Waals surface area contributed by atoms with Gasteiger partial charge in [-0.3, -0.25) is 4.79 Å². The van der Waals surface area contributed by atoms with Crippen LogP contribution >= 0.6 is 0 Å². The predicted octanol–water partition coefficient (Wildman–Crippen LogP) is 3.52. The third-order valence-electron chi connectivity index (χ3n) is 7.02. The molecule has 0 spiro atoms. The summed E-state index contributed by atoms with van der Waals surface area (Å²) in [5, 5.41) is 11.3. The molecule has 0 bridgehead atoms. The van der Waals surface area contributed by atoms with Gasteiger partial charge >= 0.3 is 0 Å². The lowest BCUT2D eigenvalue weighted by Gasteiger charge is -2.30. The number of ether oxygens (including phenoxy) is 2. The average molecular weight is 515 g/mol. The van der Waals surface area contributed by atoms with E-state index < -0.39 is 0 Å². The molecule has 196 valence electrons. The number of morpholine rings is 1. The summed E-state index contributed by atoms with van der Waals surface area (Å²) in [6, 6.07) is 7.44. The molecule has 2 fully saturated rings. The Morgan fingerprint density at radius 2 is 1.89 bits per heavy atom. The van der Waals surface area contributed by atoms with Crippen molar-refractivity contribution in [2.45, 2.75) is 32.7 Å². The summed E-state index contributed by atoms with van der Waals surface area (Å²) in [7, 11) is 0. The van der Waals surface area contributed by atoms with Gasteiger partial charge in [0.2, 0.25) is 0 Å². The van der Waals surface area contributed by atoms with E-state index in [0.29, 0.717) is 55.2 Å². The normalized spacial score (nSPS) is 16.5. The highest BCUT2D eigenvalue weighted by atomic mass is 16.5. The molecule has 3 aromatic heterocycles. The summed E-state index contributed by atoms with van der Waals surface area (Å²) in [5.41, 5.74) is 4.58. The summed E-state index contributed by atoms with van der Waals surface area (Å²) in [6.45, 7) is 3.93. The Labute approximate surface area is 220 Å². The molecule has 11 heteroatoms. The number of amides is 1. The first-order valence-corrected chi connectivity index (χ1v) is 12.6. The van der Waals surface area contributed by atoms with Crippen molar-refractivity contribution in [1.29, 1.82) is 0 Å². The lowest BCUT2D eigenvalue weighted by molar-refractivity contribution is 0.102. The van der Waals surface area contributed by atoms with Gasteiger partial charge in [0.25, 0.3) is 5.91 Å². The zero-order chi connectivity index (χ0) is 24.8. The number of benzene rings is 1. The Morgan fingerprint density at radius 3 is 2.74 bits per heavy atom. The maximum absolute atomic E-state index is 13.5. The highest BCUT2D eigenvalue weighted by Gasteiger charge is 2.27. The van der Waals surface area contributed by atoms with Crippen LogP contribution in [0.5, 0.6) is 5.75 Å². The number of carbonyl (C=O) groups excluding carboxylic acids is 1. The molecule has 0 atom stereocenters. The highest BCUT2D eigenvalue weighted by Crippen LogP contribution is 2.40. The van der Waals surface area contributed by atoms with Crippen molar-refractivity contribution in [3.05, 3.63) is 60.7 Å². The maximum atomic E-state index is 13.5. The van der Waals surface area contributed by atoms with E-state index in [1.807, 2.05) is 39.7 Å². The topological polar surface area (TPSA) is 112 Å². The number of fused-ring (bicyclic) bond motifs is 3.